The van der Waals surface area contributed by atoms with Crippen molar-refractivity contribution in [2.75, 3.05) is 6.61 Å². The summed E-state index contributed by atoms with van der Waals surface area (Å²) in [6.07, 6.45) is -4.74. The van der Waals surface area contributed by atoms with E-state index < -0.39 is 23.6 Å². The Morgan fingerprint density at radius 3 is 2.52 bits per heavy atom. The first-order valence-corrected chi connectivity index (χ1v) is 6.19. The van der Waals surface area contributed by atoms with Crippen LogP contribution in [-0.4, -0.2) is 17.6 Å². The molecule has 0 fully saturated rings. The fraction of sp³-hybridized carbons (Fsp3) is 0.286. The van der Waals surface area contributed by atoms with Crippen LogP contribution in [0.15, 0.2) is 34.7 Å². The van der Waals surface area contributed by atoms with Gasteiger partial charge in [-0.15, -0.1) is 0 Å². The maximum absolute atomic E-state index is 12.9. The molecule has 4 nitrogen and oxygen atoms in total. The van der Waals surface area contributed by atoms with Gasteiger partial charge in [0.1, 0.15) is 0 Å². The highest BCUT2D eigenvalue weighted by molar-refractivity contribution is 5.88. The number of alkyl halides is 3. The van der Waals surface area contributed by atoms with Gasteiger partial charge in [0.15, 0.2) is 11.6 Å². The van der Waals surface area contributed by atoms with Crippen molar-refractivity contribution >= 4 is 5.97 Å². The number of hydrogen-bond acceptors (Lipinski definition) is 4. The summed E-state index contributed by atoms with van der Waals surface area (Å²) in [5, 5.41) is 0. The van der Waals surface area contributed by atoms with E-state index in [0.29, 0.717) is 0 Å². The van der Waals surface area contributed by atoms with E-state index >= 15 is 0 Å². The minimum absolute atomic E-state index is 0.0446. The second-order valence-corrected chi connectivity index (χ2v) is 4.17. The topological polar surface area (TPSA) is 52.3 Å². The molecule has 0 unspecified atom stereocenters. The molecular formula is C14H12F3NO3. The highest BCUT2D eigenvalue weighted by Gasteiger charge is 2.42. The number of nitrogens with zero attached hydrogens (tertiary/aromatic N) is 1. The minimum Gasteiger partial charge on any atom is -0.461 e. The van der Waals surface area contributed by atoms with Crippen molar-refractivity contribution in [3.63, 3.8) is 0 Å². The third-order valence-electron chi connectivity index (χ3n) is 2.60. The summed E-state index contributed by atoms with van der Waals surface area (Å²) < 4.78 is 47.9. The van der Waals surface area contributed by atoms with Crippen LogP contribution >= 0.6 is 0 Å². The second kappa shape index (κ2) is 5.99. The molecule has 7 heteroatoms. The lowest BCUT2D eigenvalue weighted by Gasteiger charge is -2.03. The third-order valence-corrected chi connectivity index (χ3v) is 2.60. The average molecular weight is 299 g/mol. The van der Waals surface area contributed by atoms with Gasteiger partial charge in [0.05, 0.1) is 6.61 Å². The fourth-order valence-electron chi connectivity index (χ4n) is 1.74. The van der Waals surface area contributed by atoms with Gasteiger partial charge in [0.2, 0.25) is 5.76 Å². The van der Waals surface area contributed by atoms with Crippen molar-refractivity contribution < 1.29 is 27.1 Å². The monoisotopic (exact) mass is 299 g/mol. The number of esters is 1. The lowest BCUT2D eigenvalue weighted by molar-refractivity contribution is -0.154. The number of carbonyl (C=O) groups is 1. The molecule has 2 rings (SSSR count). The standard InChI is InChI=1S/C14H12F3NO3/c1-2-20-13(19)11-12(14(15,16)17)21-10(18-11)8-9-6-4-3-5-7-9/h3-7H,2,8H2,1H3. The molecule has 0 aliphatic carbocycles. The van der Waals surface area contributed by atoms with Crippen LogP contribution < -0.4 is 0 Å². The summed E-state index contributed by atoms with van der Waals surface area (Å²) in [7, 11) is 0. The molecule has 1 aromatic carbocycles. The molecule has 0 amide bonds. The molecule has 0 radical (unpaired) electrons. The number of benzene rings is 1. The number of oxazole rings is 1. The lowest BCUT2D eigenvalue weighted by Crippen LogP contribution is -2.13. The molecular weight excluding hydrogens is 287 g/mol. The van der Waals surface area contributed by atoms with Gasteiger partial charge in [-0.1, -0.05) is 30.3 Å². The van der Waals surface area contributed by atoms with E-state index in [0.717, 1.165) is 5.56 Å². The highest BCUT2D eigenvalue weighted by Crippen LogP contribution is 2.33. The first-order chi connectivity index (χ1) is 9.91. The summed E-state index contributed by atoms with van der Waals surface area (Å²) in [5.74, 6) is -2.75. The van der Waals surface area contributed by atoms with Crippen molar-refractivity contribution in [2.45, 2.75) is 19.5 Å². The predicted octanol–water partition coefficient (Wildman–Crippen LogP) is 3.46. The van der Waals surface area contributed by atoms with Gasteiger partial charge in [0.25, 0.3) is 0 Å². The smallest absolute Gasteiger partial charge is 0.452 e. The van der Waals surface area contributed by atoms with Crippen LogP contribution in [0, 0.1) is 0 Å². The zero-order valence-corrected chi connectivity index (χ0v) is 11.1. The van der Waals surface area contributed by atoms with Crippen LogP contribution in [0.5, 0.6) is 0 Å². The Labute approximate surface area is 118 Å². The zero-order chi connectivity index (χ0) is 15.5. The van der Waals surface area contributed by atoms with Crippen LogP contribution in [0.4, 0.5) is 13.2 Å². The van der Waals surface area contributed by atoms with Gasteiger partial charge in [-0.2, -0.15) is 13.2 Å². The number of rotatable bonds is 4. The summed E-state index contributed by atoms with van der Waals surface area (Å²) in [4.78, 5) is 15.2. The largest absolute Gasteiger partial charge is 0.461 e. The molecule has 0 saturated carbocycles. The third kappa shape index (κ3) is 3.62. The molecule has 1 aromatic heterocycles. The Bertz CT molecular complexity index is 620. The quantitative estimate of drug-likeness (QED) is 0.811. The molecule has 0 aliphatic rings. The van der Waals surface area contributed by atoms with Crippen LogP contribution in [0.1, 0.15) is 34.6 Å². The molecule has 1 heterocycles. The summed E-state index contributed by atoms with van der Waals surface area (Å²) in [6, 6.07) is 8.72. The molecule has 112 valence electrons. The van der Waals surface area contributed by atoms with E-state index in [1.165, 1.54) is 6.92 Å². The van der Waals surface area contributed by atoms with Gasteiger partial charge < -0.3 is 9.15 Å². The van der Waals surface area contributed by atoms with Crippen molar-refractivity contribution in [1.29, 1.82) is 0 Å². The average Bonchev–Trinajstić information content (AvgIpc) is 2.84. The number of ether oxygens (including phenoxy) is 1. The summed E-state index contributed by atoms with van der Waals surface area (Å²) in [6.45, 7) is 1.45. The Morgan fingerprint density at radius 2 is 1.95 bits per heavy atom. The highest BCUT2D eigenvalue weighted by atomic mass is 19.4. The van der Waals surface area contributed by atoms with Crippen molar-refractivity contribution in [1.82, 2.24) is 4.98 Å². The SMILES string of the molecule is CCOC(=O)c1nc(Cc2ccccc2)oc1C(F)(F)F. The maximum Gasteiger partial charge on any atom is 0.452 e. The van der Waals surface area contributed by atoms with E-state index in [2.05, 4.69) is 9.72 Å². The number of halogens is 3. The van der Waals surface area contributed by atoms with E-state index in [4.69, 9.17) is 4.42 Å². The number of carbonyl (C=O) groups excluding carboxylic acids is 1. The van der Waals surface area contributed by atoms with Gasteiger partial charge >= 0.3 is 12.1 Å². The molecule has 21 heavy (non-hydrogen) atoms. The zero-order valence-electron chi connectivity index (χ0n) is 11.1. The second-order valence-electron chi connectivity index (χ2n) is 4.17. The predicted molar refractivity (Wildman–Crippen MR) is 66.7 cm³/mol. The Balaban J connectivity index is 2.34. The molecule has 2 aromatic rings. The molecule has 0 N–H and O–H groups in total. The Hall–Kier alpha value is -2.31. The summed E-state index contributed by atoms with van der Waals surface area (Å²) in [5.41, 5.74) is -0.113. The van der Waals surface area contributed by atoms with Crippen molar-refractivity contribution in [3.05, 3.63) is 53.2 Å². The molecule has 0 atom stereocenters. The van der Waals surface area contributed by atoms with E-state index in [-0.39, 0.29) is 18.9 Å². The van der Waals surface area contributed by atoms with Gasteiger partial charge in [-0.3, -0.25) is 0 Å². The van der Waals surface area contributed by atoms with Crippen molar-refractivity contribution in [2.24, 2.45) is 0 Å². The van der Waals surface area contributed by atoms with Crippen LogP contribution in [0.25, 0.3) is 0 Å². The van der Waals surface area contributed by atoms with Crippen LogP contribution in [0.3, 0.4) is 0 Å². The van der Waals surface area contributed by atoms with Crippen molar-refractivity contribution in [3.8, 4) is 0 Å². The Kier molecular flexibility index (Phi) is 4.30. The van der Waals surface area contributed by atoms with Gasteiger partial charge in [-0.05, 0) is 12.5 Å². The molecule has 0 spiro atoms. The number of hydrogen-bond donors (Lipinski definition) is 0. The molecule has 0 saturated heterocycles. The van der Waals surface area contributed by atoms with E-state index in [9.17, 15) is 18.0 Å². The van der Waals surface area contributed by atoms with Gasteiger partial charge in [-0.25, -0.2) is 9.78 Å². The van der Waals surface area contributed by atoms with E-state index in [1.54, 1.807) is 30.3 Å². The van der Waals surface area contributed by atoms with Crippen LogP contribution in [0.2, 0.25) is 0 Å². The normalized spacial score (nSPS) is 11.4. The minimum atomic E-state index is -4.80. The summed E-state index contributed by atoms with van der Waals surface area (Å²) >= 11 is 0. The Morgan fingerprint density at radius 1 is 1.29 bits per heavy atom. The number of aromatic nitrogens is 1. The molecule has 0 bridgehead atoms. The molecule has 0 aliphatic heterocycles. The fourth-order valence-corrected chi connectivity index (χ4v) is 1.74. The first kappa shape index (κ1) is 15.1. The van der Waals surface area contributed by atoms with E-state index in [1.807, 2.05) is 0 Å². The first-order valence-electron chi connectivity index (χ1n) is 6.19. The van der Waals surface area contributed by atoms with Gasteiger partial charge in [0, 0.05) is 6.42 Å². The maximum atomic E-state index is 12.9. The lowest BCUT2D eigenvalue weighted by atomic mass is 10.1. The van der Waals surface area contributed by atoms with Crippen LogP contribution in [-0.2, 0) is 17.3 Å².